The Hall–Kier alpha value is -0.630. The molecule has 0 radical (unpaired) electrons. The van der Waals surface area contributed by atoms with Crippen LogP contribution in [0.5, 0.6) is 0 Å². The van der Waals surface area contributed by atoms with Crippen LogP contribution in [0.2, 0.25) is 0 Å². The summed E-state index contributed by atoms with van der Waals surface area (Å²) in [5, 5.41) is 3.34. The van der Waals surface area contributed by atoms with E-state index in [1.807, 2.05) is 25.6 Å². The van der Waals surface area contributed by atoms with E-state index >= 15 is 0 Å². The summed E-state index contributed by atoms with van der Waals surface area (Å²) in [5.74, 6) is 1.19. The van der Waals surface area contributed by atoms with Crippen LogP contribution in [-0.2, 0) is 0 Å². The summed E-state index contributed by atoms with van der Waals surface area (Å²) in [6.45, 7) is 5.10. The number of benzene rings is 1. The molecule has 2 heteroatoms. The fourth-order valence-electron chi connectivity index (χ4n) is 1.09. The zero-order chi connectivity index (χ0) is 8.81. The molecule has 0 aromatic heterocycles. The van der Waals surface area contributed by atoms with Crippen molar-refractivity contribution in [3.63, 3.8) is 0 Å². The molecule has 0 aliphatic carbocycles. The molecule has 1 aromatic rings. The van der Waals surface area contributed by atoms with Gasteiger partial charge in [-0.15, -0.1) is 11.8 Å². The van der Waals surface area contributed by atoms with Crippen LogP contribution in [0.25, 0.3) is 0 Å². The molecule has 0 unspecified atom stereocenters. The van der Waals surface area contributed by atoms with Gasteiger partial charge in [0.15, 0.2) is 0 Å². The summed E-state index contributed by atoms with van der Waals surface area (Å²) in [6.07, 6.45) is 0. The van der Waals surface area contributed by atoms with Crippen LogP contribution in [0.15, 0.2) is 29.2 Å². The zero-order valence-electron chi connectivity index (χ0n) is 7.63. The number of nitrogens with one attached hydrogen (secondary N) is 1. The lowest BCUT2D eigenvalue weighted by atomic mass is 10.3. The van der Waals surface area contributed by atoms with E-state index in [1.165, 1.54) is 16.3 Å². The van der Waals surface area contributed by atoms with Crippen LogP contribution in [0.4, 0.5) is 5.69 Å². The smallest absolute Gasteiger partial charge is 0.0478 e. The highest BCUT2D eigenvalue weighted by molar-refractivity contribution is 7.99. The normalized spacial score (nSPS) is 13.5. The Kier molecular flexibility index (Phi) is 4.01. The molecule has 1 aromatic carbocycles. The van der Waals surface area contributed by atoms with Crippen molar-refractivity contribution < 1.29 is 0 Å². The maximum Gasteiger partial charge on any atom is 0.0478 e. The molecule has 2 rings (SSSR count). The first-order valence-corrected chi connectivity index (χ1v) is 5.41. The van der Waals surface area contributed by atoms with Crippen LogP contribution < -0.4 is 5.32 Å². The first-order chi connectivity index (χ1) is 5.97. The molecule has 66 valence electrons. The molecule has 0 fully saturated rings. The van der Waals surface area contributed by atoms with Crippen molar-refractivity contribution in [3.8, 4) is 0 Å². The van der Waals surface area contributed by atoms with Crippen molar-refractivity contribution in [2.75, 3.05) is 17.6 Å². The number of fused-ring (bicyclic) bond motifs is 1. The van der Waals surface area contributed by atoms with Gasteiger partial charge >= 0.3 is 0 Å². The number of rotatable bonds is 0. The van der Waals surface area contributed by atoms with Crippen LogP contribution in [0, 0.1) is 0 Å². The van der Waals surface area contributed by atoms with Gasteiger partial charge in [-0.3, -0.25) is 0 Å². The first-order valence-electron chi connectivity index (χ1n) is 4.42. The Morgan fingerprint density at radius 1 is 1.25 bits per heavy atom. The largest absolute Gasteiger partial charge is 0.383 e. The van der Waals surface area contributed by atoms with Gasteiger partial charge in [-0.25, -0.2) is 0 Å². The predicted molar refractivity (Wildman–Crippen MR) is 57.0 cm³/mol. The van der Waals surface area contributed by atoms with Crippen molar-refractivity contribution >= 4 is 17.4 Å². The number of hydrogen-bond acceptors (Lipinski definition) is 2. The third-order valence-corrected chi connectivity index (χ3v) is 2.64. The Morgan fingerprint density at radius 2 is 2.00 bits per heavy atom. The van der Waals surface area contributed by atoms with Crippen LogP contribution in [0.1, 0.15) is 13.8 Å². The maximum absolute atomic E-state index is 3.34. The molecule has 1 nitrogen and oxygen atoms in total. The van der Waals surface area contributed by atoms with E-state index in [2.05, 4.69) is 29.6 Å². The monoisotopic (exact) mass is 181 g/mol. The van der Waals surface area contributed by atoms with Crippen LogP contribution in [0.3, 0.4) is 0 Å². The fourth-order valence-corrected chi connectivity index (χ4v) is 1.98. The van der Waals surface area contributed by atoms with Crippen LogP contribution in [-0.4, -0.2) is 12.3 Å². The Morgan fingerprint density at radius 3 is 2.75 bits per heavy atom. The highest BCUT2D eigenvalue weighted by atomic mass is 32.2. The van der Waals surface area contributed by atoms with Gasteiger partial charge in [-0.05, 0) is 12.1 Å². The molecule has 0 atom stereocenters. The topological polar surface area (TPSA) is 12.0 Å². The van der Waals surface area contributed by atoms with E-state index in [-0.39, 0.29) is 0 Å². The summed E-state index contributed by atoms with van der Waals surface area (Å²) >= 11 is 1.93. The second-order valence-corrected chi connectivity index (χ2v) is 3.41. The molecular weight excluding hydrogens is 166 g/mol. The Bertz CT molecular complexity index is 210. The summed E-state index contributed by atoms with van der Waals surface area (Å²) in [6, 6.07) is 8.43. The number of thioether (sulfide) groups is 1. The Balaban J connectivity index is 0.000000336. The van der Waals surface area contributed by atoms with E-state index in [1.54, 1.807) is 0 Å². The van der Waals surface area contributed by atoms with Crippen molar-refractivity contribution in [3.05, 3.63) is 24.3 Å². The fraction of sp³-hybridized carbons (Fsp3) is 0.400. The molecule has 0 saturated carbocycles. The van der Waals surface area contributed by atoms with Gasteiger partial charge in [0.25, 0.3) is 0 Å². The minimum Gasteiger partial charge on any atom is -0.383 e. The summed E-state index contributed by atoms with van der Waals surface area (Å²) < 4.78 is 0. The summed E-state index contributed by atoms with van der Waals surface area (Å²) in [4.78, 5) is 1.38. The minimum absolute atomic E-state index is 1.10. The second-order valence-electron chi connectivity index (χ2n) is 2.27. The number of para-hydroxylation sites is 1. The minimum atomic E-state index is 1.10. The van der Waals surface area contributed by atoms with Gasteiger partial charge in [-0.1, -0.05) is 26.0 Å². The first kappa shape index (κ1) is 9.46. The summed E-state index contributed by atoms with van der Waals surface area (Å²) in [5.41, 5.74) is 1.29. The highest BCUT2D eigenvalue weighted by Crippen LogP contribution is 2.29. The molecule has 0 saturated heterocycles. The lowest BCUT2D eigenvalue weighted by Crippen LogP contribution is -2.09. The van der Waals surface area contributed by atoms with E-state index in [0.717, 1.165) is 6.54 Å². The van der Waals surface area contributed by atoms with Gasteiger partial charge in [-0.2, -0.15) is 0 Å². The third kappa shape index (κ3) is 2.18. The predicted octanol–water partition coefficient (Wildman–Crippen LogP) is 3.23. The number of hydrogen-bond donors (Lipinski definition) is 1. The van der Waals surface area contributed by atoms with Crippen molar-refractivity contribution in [2.24, 2.45) is 0 Å². The molecule has 0 amide bonds. The lowest BCUT2D eigenvalue weighted by Gasteiger charge is -2.16. The van der Waals surface area contributed by atoms with Gasteiger partial charge in [0.05, 0.1) is 0 Å². The molecule has 0 bridgehead atoms. The quantitative estimate of drug-likeness (QED) is 0.659. The molecule has 1 N–H and O–H groups in total. The molecule has 1 aliphatic heterocycles. The molecule has 0 spiro atoms. The molecule has 12 heavy (non-hydrogen) atoms. The van der Waals surface area contributed by atoms with Crippen LogP contribution >= 0.6 is 11.8 Å². The van der Waals surface area contributed by atoms with Gasteiger partial charge in [0.2, 0.25) is 0 Å². The summed E-state index contributed by atoms with van der Waals surface area (Å²) in [7, 11) is 0. The van der Waals surface area contributed by atoms with E-state index in [9.17, 15) is 0 Å². The SMILES string of the molecule is CC.c1ccc2c(c1)NCCS2. The van der Waals surface area contributed by atoms with Gasteiger partial charge in [0.1, 0.15) is 0 Å². The van der Waals surface area contributed by atoms with E-state index in [0.29, 0.717) is 0 Å². The van der Waals surface area contributed by atoms with E-state index < -0.39 is 0 Å². The Labute approximate surface area is 78.6 Å². The van der Waals surface area contributed by atoms with Crippen molar-refractivity contribution in [2.45, 2.75) is 18.7 Å². The molecule has 1 aliphatic rings. The molecule has 1 heterocycles. The van der Waals surface area contributed by atoms with Crippen molar-refractivity contribution in [1.82, 2.24) is 0 Å². The zero-order valence-corrected chi connectivity index (χ0v) is 8.45. The number of anilines is 1. The van der Waals surface area contributed by atoms with E-state index in [4.69, 9.17) is 0 Å². The third-order valence-electron chi connectivity index (χ3n) is 1.56. The van der Waals surface area contributed by atoms with Gasteiger partial charge in [0, 0.05) is 22.9 Å². The standard InChI is InChI=1S/C8H9NS.C2H6/c1-2-4-8-7(3-1)9-5-6-10-8;1-2/h1-4,9H,5-6H2;1-2H3. The second kappa shape index (κ2) is 5.09. The highest BCUT2D eigenvalue weighted by Gasteiger charge is 2.05. The average molecular weight is 181 g/mol. The maximum atomic E-state index is 3.34. The molecular formula is C10H15NS. The lowest BCUT2D eigenvalue weighted by molar-refractivity contribution is 1.17. The van der Waals surface area contributed by atoms with Gasteiger partial charge < -0.3 is 5.32 Å². The average Bonchev–Trinajstić information content (AvgIpc) is 2.21. The van der Waals surface area contributed by atoms with Crippen molar-refractivity contribution in [1.29, 1.82) is 0 Å².